The summed E-state index contributed by atoms with van der Waals surface area (Å²) in [6.45, 7) is 6.00. The molecule has 0 bridgehead atoms. The highest BCUT2D eigenvalue weighted by molar-refractivity contribution is 6.30. The summed E-state index contributed by atoms with van der Waals surface area (Å²) in [6.07, 6.45) is 2.09. The molecule has 0 saturated carbocycles. The third-order valence-corrected chi connectivity index (χ3v) is 7.93. The van der Waals surface area contributed by atoms with E-state index in [4.69, 9.17) is 16.3 Å². The molecule has 0 radical (unpaired) electrons. The number of halogens is 2. The van der Waals surface area contributed by atoms with Crippen molar-refractivity contribution in [3.63, 3.8) is 0 Å². The summed E-state index contributed by atoms with van der Waals surface area (Å²) < 4.78 is 20.1. The Kier molecular flexibility index (Phi) is 8.82. The largest absolute Gasteiger partial charge is 0.485 e. The summed E-state index contributed by atoms with van der Waals surface area (Å²) in [4.78, 5) is 19.8. The van der Waals surface area contributed by atoms with Gasteiger partial charge in [0.25, 0.3) is 0 Å². The Labute approximate surface area is 229 Å². The maximum Gasteiger partial charge on any atom is 0.223 e. The van der Waals surface area contributed by atoms with Gasteiger partial charge in [0.15, 0.2) is 0 Å². The lowest BCUT2D eigenvalue weighted by atomic mass is 9.87. The maximum atomic E-state index is 13.8. The lowest BCUT2D eigenvalue weighted by Gasteiger charge is -2.38. The lowest BCUT2D eigenvalue weighted by molar-refractivity contribution is -0.133. The molecule has 0 aliphatic carbocycles. The van der Waals surface area contributed by atoms with Gasteiger partial charge in [0.1, 0.15) is 17.7 Å². The first-order chi connectivity index (χ1) is 18.5. The van der Waals surface area contributed by atoms with Gasteiger partial charge in [-0.1, -0.05) is 54.1 Å². The summed E-state index contributed by atoms with van der Waals surface area (Å²) in [7, 11) is 0. The first-order valence-corrected chi connectivity index (χ1v) is 13.9. The van der Waals surface area contributed by atoms with Crippen LogP contribution in [0.15, 0.2) is 78.9 Å². The quantitative estimate of drug-likeness (QED) is 0.352. The zero-order valence-electron chi connectivity index (χ0n) is 21.6. The first kappa shape index (κ1) is 26.5. The minimum Gasteiger partial charge on any atom is -0.485 e. The van der Waals surface area contributed by atoms with Gasteiger partial charge in [-0.3, -0.25) is 9.69 Å². The van der Waals surface area contributed by atoms with Crippen LogP contribution in [0.25, 0.3) is 0 Å². The van der Waals surface area contributed by atoms with Crippen molar-refractivity contribution >= 4 is 23.2 Å². The predicted molar refractivity (Wildman–Crippen MR) is 150 cm³/mol. The molecule has 2 fully saturated rings. The van der Waals surface area contributed by atoms with Crippen LogP contribution in [-0.4, -0.2) is 61.5 Å². The van der Waals surface area contributed by atoms with E-state index in [0.29, 0.717) is 12.2 Å². The van der Waals surface area contributed by atoms with Gasteiger partial charge in [-0.2, -0.15) is 0 Å². The highest BCUT2D eigenvalue weighted by atomic mass is 35.5. The number of nitrogens with zero attached hydrogens (tertiary/aromatic N) is 3. The number of carbonyl (C=O) groups excluding carboxylic acids is 1. The lowest BCUT2D eigenvalue weighted by Crippen LogP contribution is -2.48. The van der Waals surface area contributed by atoms with Crippen molar-refractivity contribution in [1.82, 2.24) is 9.80 Å². The molecular weight excluding hydrogens is 501 g/mol. The third-order valence-electron chi connectivity index (χ3n) is 7.70. The zero-order valence-corrected chi connectivity index (χ0v) is 22.4. The fraction of sp³-hybridized carbons (Fsp3) is 0.387. The van der Waals surface area contributed by atoms with Gasteiger partial charge in [-0.25, -0.2) is 4.39 Å². The number of ether oxygens (including phenoxy) is 1. The zero-order chi connectivity index (χ0) is 26.3. The molecule has 0 spiro atoms. The van der Waals surface area contributed by atoms with E-state index in [1.165, 1.54) is 12.1 Å². The topological polar surface area (TPSA) is 36.0 Å². The SMILES string of the molecule is O=C(CCN1CCN(c2cccc(Cl)c2)CC1)N1CCC(C(Oc2cccc(F)c2)c2ccccc2)CC1. The van der Waals surface area contributed by atoms with Crippen LogP contribution in [0.3, 0.4) is 0 Å². The van der Waals surface area contributed by atoms with Crippen LogP contribution >= 0.6 is 11.6 Å². The Bertz CT molecular complexity index is 1190. The molecule has 3 aromatic carbocycles. The molecule has 1 unspecified atom stereocenters. The molecule has 1 atom stereocenters. The highest BCUT2D eigenvalue weighted by Gasteiger charge is 2.31. The van der Waals surface area contributed by atoms with Crippen molar-refractivity contribution < 1.29 is 13.9 Å². The number of anilines is 1. The normalized spacial score (nSPS) is 17.8. The van der Waals surface area contributed by atoms with E-state index in [0.717, 1.165) is 74.9 Å². The monoisotopic (exact) mass is 535 g/mol. The van der Waals surface area contributed by atoms with Crippen molar-refractivity contribution in [3.8, 4) is 5.75 Å². The number of hydrogen-bond acceptors (Lipinski definition) is 4. The fourth-order valence-electron chi connectivity index (χ4n) is 5.53. The number of piperidine rings is 1. The second-order valence-corrected chi connectivity index (χ2v) is 10.6. The van der Waals surface area contributed by atoms with E-state index in [1.807, 2.05) is 41.3 Å². The second-order valence-electron chi connectivity index (χ2n) is 10.2. The number of rotatable bonds is 8. The molecule has 7 heteroatoms. The Morgan fingerprint density at radius 1 is 0.895 bits per heavy atom. The smallest absolute Gasteiger partial charge is 0.223 e. The summed E-state index contributed by atoms with van der Waals surface area (Å²) >= 11 is 6.15. The molecule has 5 nitrogen and oxygen atoms in total. The van der Waals surface area contributed by atoms with Crippen LogP contribution in [0.2, 0.25) is 5.02 Å². The number of amides is 1. The van der Waals surface area contributed by atoms with Crippen LogP contribution in [0.4, 0.5) is 10.1 Å². The summed E-state index contributed by atoms with van der Waals surface area (Å²) in [5.41, 5.74) is 2.24. The summed E-state index contributed by atoms with van der Waals surface area (Å²) in [6, 6.07) is 24.4. The maximum absolute atomic E-state index is 13.8. The predicted octanol–water partition coefficient (Wildman–Crippen LogP) is 6.05. The number of benzene rings is 3. The molecule has 38 heavy (non-hydrogen) atoms. The molecule has 2 heterocycles. The Hall–Kier alpha value is -3.09. The minimum absolute atomic E-state index is 0.175. The van der Waals surface area contributed by atoms with Crippen LogP contribution in [0.5, 0.6) is 5.75 Å². The molecule has 2 aliphatic heterocycles. The van der Waals surface area contributed by atoms with Crippen molar-refractivity contribution in [3.05, 3.63) is 95.3 Å². The van der Waals surface area contributed by atoms with Gasteiger partial charge < -0.3 is 14.5 Å². The van der Waals surface area contributed by atoms with Crippen LogP contribution in [0.1, 0.15) is 30.9 Å². The van der Waals surface area contributed by atoms with Crippen molar-refractivity contribution in [2.75, 3.05) is 50.7 Å². The molecule has 0 aromatic heterocycles. The Balaban J connectivity index is 1.10. The van der Waals surface area contributed by atoms with E-state index < -0.39 is 0 Å². The van der Waals surface area contributed by atoms with Gasteiger partial charge in [0.05, 0.1) is 0 Å². The number of hydrogen-bond donors (Lipinski definition) is 0. The Morgan fingerprint density at radius 3 is 2.34 bits per heavy atom. The van der Waals surface area contributed by atoms with Crippen molar-refractivity contribution in [2.24, 2.45) is 5.92 Å². The summed E-state index contributed by atoms with van der Waals surface area (Å²) in [5, 5.41) is 0.759. The number of likely N-dealkylation sites (tertiary alicyclic amines) is 1. The average Bonchev–Trinajstić information content (AvgIpc) is 2.95. The number of carbonyl (C=O) groups is 1. The molecule has 2 aliphatic rings. The molecule has 1 amide bonds. The van der Waals surface area contributed by atoms with Gasteiger partial charge in [-0.15, -0.1) is 0 Å². The first-order valence-electron chi connectivity index (χ1n) is 13.5. The van der Waals surface area contributed by atoms with E-state index in [1.54, 1.807) is 12.1 Å². The average molecular weight is 536 g/mol. The van der Waals surface area contributed by atoms with E-state index >= 15 is 0 Å². The van der Waals surface area contributed by atoms with Gasteiger partial charge in [0, 0.05) is 74.9 Å². The molecule has 2 saturated heterocycles. The van der Waals surface area contributed by atoms with E-state index in [-0.39, 0.29) is 23.7 Å². The highest BCUT2D eigenvalue weighted by Crippen LogP contribution is 2.35. The molecule has 3 aromatic rings. The van der Waals surface area contributed by atoms with Gasteiger partial charge in [0.2, 0.25) is 5.91 Å². The molecule has 5 rings (SSSR count). The van der Waals surface area contributed by atoms with Crippen molar-refractivity contribution in [1.29, 1.82) is 0 Å². The minimum atomic E-state index is -0.305. The van der Waals surface area contributed by atoms with Gasteiger partial charge in [-0.05, 0) is 48.7 Å². The second kappa shape index (κ2) is 12.6. The number of piperazine rings is 1. The fourth-order valence-corrected chi connectivity index (χ4v) is 5.72. The van der Waals surface area contributed by atoms with Crippen LogP contribution in [0, 0.1) is 11.7 Å². The van der Waals surface area contributed by atoms with Crippen molar-refractivity contribution in [2.45, 2.75) is 25.4 Å². The van der Waals surface area contributed by atoms with E-state index in [9.17, 15) is 9.18 Å². The standard InChI is InChI=1S/C31H35ClFN3O2/c32-26-8-4-10-28(22-26)35-20-18-34(19-21-35)15-14-30(37)36-16-12-25(13-17-36)31(24-6-2-1-3-7-24)38-29-11-5-9-27(33)23-29/h1-11,22-23,25,31H,12-21H2. The van der Waals surface area contributed by atoms with E-state index in [2.05, 4.69) is 28.0 Å². The van der Waals surface area contributed by atoms with Crippen LogP contribution in [-0.2, 0) is 4.79 Å². The summed E-state index contributed by atoms with van der Waals surface area (Å²) in [5.74, 6) is 0.709. The third kappa shape index (κ3) is 6.86. The van der Waals surface area contributed by atoms with Gasteiger partial charge >= 0.3 is 0 Å². The molecular formula is C31H35ClFN3O2. The Morgan fingerprint density at radius 2 is 1.63 bits per heavy atom. The molecule has 200 valence electrons. The molecule has 0 N–H and O–H groups in total. The van der Waals surface area contributed by atoms with Crippen LogP contribution < -0.4 is 9.64 Å².